The van der Waals surface area contributed by atoms with E-state index in [9.17, 15) is 22.8 Å². The molecule has 0 fully saturated rings. The molecule has 0 radical (unpaired) electrons. The Kier molecular flexibility index (Phi) is 9.21. The number of hydrogen-bond donors (Lipinski definition) is 2. The molecule has 0 aliphatic carbocycles. The first-order valence-electron chi connectivity index (χ1n) is 10.7. The number of benzene rings is 2. The molecule has 13 heteroatoms. The third-order valence-corrected chi connectivity index (χ3v) is 6.27. The molecule has 3 aromatic rings. The van der Waals surface area contributed by atoms with Gasteiger partial charge in [-0.1, -0.05) is 35.5 Å². The Bertz CT molecular complexity index is 1220. The van der Waals surface area contributed by atoms with Crippen LogP contribution in [0.25, 0.3) is 0 Å². The fourth-order valence-electron chi connectivity index (χ4n) is 3.16. The number of halogens is 4. The number of alkyl halides is 3. The first kappa shape index (κ1) is 27.3. The van der Waals surface area contributed by atoms with Crippen LogP contribution in [0.4, 0.5) is 18.9 Å². The van der Waals surface area contributed by atoms with E-state index in [0.717, 1.165) is 35.5 Å². The second kappa shape index (κ2) is 12.1. The van der Waals surface area contributed by atoms with Gasteiger partial charge in [0.05, 0.1) is 42.1 Å². The van der Waals surface area contributed by atoms with Crippen LogP contribution < -0.4 is 15.4 Å². The highest BCUT2D eigenvalue weighted by Gasteiger charge is 2.31. The molecule has 0 saturated carbocycles. The normalized spacial score (nSPS) is 11.3. The number of anilines is 1. The number of rotatable bonds is 10. The van der Waals surface area contributed by atoms with Crippen molar-refractivity contribution in [2.24, 2.45) is 0 Å². The first-order chi connectivity index (χ1) is 17.1. The van der Waals surface area contributed by atoms with Crippen molar-refractivity contribution in [3.63, 3.8) is 0 Å². The number of ether oxygens (including phenoxy) is 1. The summed E-state index contributed by atoms with van der Waals surface area (Å²) in [6, 6.07) is 9.86. The summed E-state index contributed by atoms with van der Waals surface area (Å²) >= 11 is 6.99. The van der Waals surface area contributed by atoms with Gasteiger partial charge in [-0.25, -0.2) is 0 Å². The summed E-state index contributed by atoms with van der Waals surface area (Å²) in [5.74, 6) is 0.323. The number of aromatic nitrogens is 3. The van der Waals surface area contributed by atoms with E-state index in [2.05, 4.69) is 20.8 Å². The molecular formula is C23H23ClF3N5O3S. The van der Waals surface area contributed by atoms with Gasteiger partial charge in [-0.05, 0) is 42.8 Å². The summed E-state index contributed by atoms with van der Waals surface area (Å²) in [5, 5.41) is 13.8. The Balaban J connectivity index is 1.55. The number of thioether (sulfide) groups is 1. The van der Waals surface area contributed by atoms with Crippen molar-refractivity contribution in [2.75, 3.05) is 18.2 Å². The minimum atomic E-state index is -4.56. The van der Waals surface area contributed by atoms with Crippen molar-refractivity contribution < 1.29 is 27.5 Å². The highest BCUT2D eigenvalue weighted by atomic mass is 35.5. The molecular weight excluding hydrogens is 519 g/mol. The van der Waals surface area contributed by atoms with Gasteiger partial charge in [0.25, 0.3) is 0 Å². The number of methoxy groups -OCH3 is 1. The molecule has 2 aromatic carbocycles. The number of nitrogens with one attached hydrogen (secondary N) is 2. The second-order valence-corrected chi connectivity index (χ2v) is 8.82. The molecule has 0 aliphatic heterocycles. The smallest absolute Gasteiger partial charge is 0.416 e. The van der Waals surface area contributed by atoms with Crippen LogP contribution in [0.1, 0.15) is 23.9 Å². The Morgan fingerprint density at radius 2 is 1.83 bits per heavy atom. The number of amides is 2. The number of carbonyl (C=O) groups excluding carboxylic acids is 2. The summed E-state index contributed by atoms with van der Waals surface area (Å²) in [7, 11) is 1.57. The van der Waals surface area contributed by atoms with E-state index >= 15 is 0 Å². The zero-order valence-corrected chi connectivity index (χ0v) is 20.9. The lowest BCUT2D eigenvalue weighted by Gasteiger charge is -2.12. The average Bonchev–Trinajstić information content (AvgIpc) is 3.24. The molecule has 192 valence electrons. The maximum atomic E-state index is 12.9. The van der Waals surface area contributed by atoms with E-state index < -0.39 is 17.6 Å². The molecule has 0 spiro atoms. The first-order valence-corrected chi connectivity index (χ1v) is 12.1. The van der Waals surface area contributed by atoms with Crippen molar-refractivity contribution in [2.45, 2.75) is 37.8 Å². The van der Waals surface area contributed by atoms with Crippen molar-refractivity contribution >= 4 is 40.9 Å². The van der Waals surface area contributed by atoms with E-state index in [1.54, 1.807) is 35.9 Å². The van der Waals surface area contributed by atoms with Crippen LogP contribution in [0.15, 0.2) is 47.6 Å². The SMILES string of the molecule is CCn1c(CNC(=O)Cc2ccc(OC)cc2)nnc1SCC(=O)Nc1cc(C(F)(F)F)ccc1Cl. The summed E-state index contributed by atoms with van der Waals surface area (Å²) in [4.78, 5) is 24.6. The van der Waals surface area contributed by atoms with Crippen LogP contribution >= 0.6 is 23.4 Å². The van der Waals surface area contributed by atoms with Gasteiger partial charge < -0.3 is 19.9 Å². The van der Waals surface area contributed by atoms with E-state index in [0.29, 0.717) is 23.3 Å². The highest BCUT2D eigenvalue weighted by molar-refractivity contribution is 7.99. The Morgan fingerprint density at radius 1 is 1.11 bits per heavy atom. The molecule has 0 aliphatic rings. The molecule has 1 aromatic heterocycles. The van der Waals surface area contributed by atoms with Gasteiger partial charge in [0, 0.05) is 6.54 Å². The second-order valence-electron chi connectivity index (χ2n) is 7.47. The summed E-state index contributed by atoms with van der Waals surface area (Å²) < 4.78 is 45.6. The van der Waals surface area contributed by atoms with Gasteiger partial charge in [0.15, 0.2) is 11.0 Å². The van der Waals surface area contributed by atoms with Crippen LogP contribution in [-0.2, 0) is 35.3 Å². The third-order valence-electron chi connectivity index (χ3n) is 4.98. The van der Waals surface area contributed by atoms with Crippen molar-refractivity contribution in [1.29, 1.82) is 0 Å². The van der Waals surface area contributed by atoms with E-state index in [1.807, 2.05) is 6.92 Å². The Labute approximate surface area is 214 Å². The number of carbonyl (C=O) groups is 2. The molecule has 0 bridgehead atoms. The highest BCUT2D eigenvalue weighted by Crippen LogP contribution is 2.34. The van der Waals surface area contributed by atoms with Crippen LogP contribution in [-0.4, -0.2) is 39.4 Å². The van der Waals surface area contributed by atoms with E-state index in [1.165, 1.54) is 0 Å². The molecule has 0 saturated heterocycles. The molecule has 36 heavy (non-hydrogen) atoms. The summed E-state index contributed by atoms with van der Waals surface area (Å²) in [6.07, 6.45) is -4.37. The van der Waals surface area contributed by atoms with Gasteiger partial charge in [-0.2, -0.15) is 13.2 Å². The Hall–Kier alpha value is -3.25. The molecule has 2 amide bonds. The lowest BCUT2D eigenvalue weighted by molar-refractivity contribution is -0.137. The van der Waals surface area contributed by atoms with Crippen molar-refractivity contribution in [3.05, 3.63) is 64.4 Å². The summed E-state index contributed by atoms with van der Waals surface area (Å²) in [6.45, 7) is 2.49. The monoisotopic (exact) mass is 541 g/mol. The summed E-state index contributed by atoms with van der Waals surface area (Å²) in [5.41, 5.74) is -0.220. The topological polar surface area (TPSA) is 98.1 Å². The van der Waals surface area contributed by atoms with Crippen LogP contribution in [0, 0.1) is 0 Å². The maximum absolute atomic E-state index is 12.9. The molecule has 3 rings (SSSR count). The fourth-order valence-corrected chi connectivity index (χ4v) is 4.14. The zero-order chi connectivity index (χ0) is 26.3. The van der Waals surface area contributed by atoms with Crippen LogP contribution in [0.3, 0.4) is 0 Å². The van der Waals surface area contributed by atoms with Crippen LogP contribution in [0.2, 0.25) is 5.02 Å². The van der Waals surface area contributed by atoms with Crippen LogP contribution in [0.5, 0.6) is 5.75 Å². The average molecular weight is 542 g/mol. The van der Waals surface area contributed by atoms with Crippen molar-refractivity contribution in [1.82, 2.24) is 20.1 Å². The van der Waals surface area contributed by atoms with Crippen molar-refractivity contribution in [3.8, 4) is 5.75 Å². The lowest BCUT2D eigenvalue weighted by Crippen LogP contribution is -2.26. The largest absolute Gasteiger partial charge is 0.497 e. The van der Waals surface area contributed by atoms with Gasteiger partial charge in [-0.15, -0.1) is 10.2 Å². The molecule has 8 nitrogen and oxygen atoms in total. The number of hydrogen-bond acceptors (Lipinski definition) is 6. The van der Waals surface area contributed by atoms with Gasteiger partial charge in [-0.3, -0.25) is 9.59 Å². The molecule has 1 heterocycles. The minimum Gasteiger partial charge on any atom is -0.497 e. The molecule has 2 N–H and O–H groups in total. The molecule has 0 unspecified atom stereocenters. The zero-order valence-electron chi connectivity index (χ0n) is 19.4. The third kappa shape index (κ3) is 7.37. The quantitative estimate of drug-likeness (QED) is 0.365. The minimum absolute atomic E-state index is 0.00857. The number of nitrogens with zero attached hydrogens (tertiary/aromatic N) is 3. The van der Waals surface area contributed by atoms with E-state index in [4.69, 9.17) is 16.3 Å². The fraction of sp³-hybridized carbons (Fsp3) is 0.304. The Morgan fingerprint density at radius 3 is 2.47 bits per heavy atom. The predicted molar refractivity (Wildman–Crippen MR) is 130 cm³/mol. The van der Waals surface area contributed by atoms with Gasteiger partial charge >= 0.3 is 6.18 Å². The standard InChI is InChI=1S/C23H23ClF3N5O3S/c1-3-32-19(12-28-20(33)10-14-4-7-16(35-2)8-5-14)30-31-22(32)36-13-21(34)29-18-11-15(23(25,26)27)6-9-17(18)24/h4-9,11H,3,10,12-13H2,1-2H3,(H,28,33)(H,29,34). The lowest BCUT2D eigenvalue weighted by atomic mass is 10.1. The van der Waals surface area contributed by atoms with E-state index in [-0.39, 0.29) is 35.3 Å². The molecule has 0 atom stereocenters. The maximum Gasteiger partial charge on any atom is 0.416 e. The predicted octanol–water partition coefficient (Wildman–Crippen LogP) is 4.57. The van der Waals surface area contributed by atoms with Gasteiger partial charge in [0.1, 0.15) is 5.75 Å². The van der Waals surface area contributed by atoms with Gasteiger partial charge in [0.2, 0.25) is 11.8 Å².